The average Bonchev–Trinajstić information content (AvgIpc) is 2.97. The summed E-state index contributed by atoms with van der Waals surface area (Å²) in [5.74, 6) is 0.507. The Kier molecular flexibility index (Phi) is 10.6. The fraction of sp³-hybridized carbons (Fsp3) is 0.212. The molecular formula is C33H34N2O4S. The number of methoxy groups -OCH3 is 1. The Bertz CT molecular complexity index is 1380. The van der Waals surface area contributed by atoms with Crippen LogP contribution in [0.5, 0.6) is 5.75 Å². The van der Waals surface area contributed by atoms with E-state index in [0.717, 1.165) is 39.6 Å². The summed E-state index contributed by atoms with van der Waals surface area (Å²) < 4.78 is 10.3. The largest absolute Gasteiger partial charge is 0.497 e. The highest BCUT2D eigenvalue weighted by Gasteiger charge is 2.17. The smallest absolute Gasteiger partial charge is 0.326 e. The molecule has 0 radical (unpaired) electrons. The van der Waals surface area contributed by atoms with Gasteiger partial charge in [0.2, 0.25) is 0 Å². The second-order valence-corrected chi connectivity index (χ2v) is 10.3. The van der Waals surface area contributed by atoms with Crippen LogP contribution in [0.3, 0.4) is 0 Å². The van der Waals surface area contributed by atoms with Gasteiger partial charge in [0, 0.05) is 27.7 Å². The van der Waals surface area contributed by atoms with E-state index >= 15 is 0 Å². The van der Waals surface area contributed by atoms with E-state index in [1.54, 1.807) is 30.7 Å². The molecule has 4 aromatic carbocycles. The van der Waals surface area contributed by atoms with Gasteiger partial charge in [0.15, 0.2) is 0 Å². The molecule has 0 aliphatic rings. The summed E-state index contributed by atoms with van der Waals surface area (Å²) in [6.45, 7) is 2.75. The summed E-state index contributed by atoms with van der Waals surface area (Å²) in [6.07, 6.45) is 1.95. The number of anilines is 2. The predicted molar refractivity (Wildman–Crippen MR) is 161 cm³/mol. The van der Waals surface area contributed by atoms with Gasteiger partial charge in [-0.15, -0.1) is 0 Å². The number of nitrogens with one attached hydrogen (secondary N) is 1. The Morgan fingerprint density at radius 3 is 2.27 bits per heavy atom. The quantitative estimate of drug-likeness (QED) is 0.182. The van der Waals surface area contributed by atoms with Gasteiger partial charge in [0.1, 0.15) is 5.75 Å². The molecule has 0 atom stereocenters. The first-order chi connectivity index (χ1) is 19.5. The number of nitrogens with zero attached hydrogens (tertiary/aromatic N) is 1. The monoisotopic (exact) mass is 554 g/mol. The number of esters is 1. The van der Waals surface area contributed by atoms with Crippen molar-refractivity contribution < 1.29 is 19.1 Å². The molecule has 0 aromatic heterocycles. The van der Waals surface area contributed by atoms with Crippen molar-refractivity contribution in [2.45, 2.75) is 36.0 Å². The second kappa shape index (κ2) is 14.8. The Hall–Kier alpha value is -4.23. The molecular weight excluding hydrogens is 520 g/mol. The highest BCUT2D eigenvalue weighted by Crippen LogP contribution is 2.31. The molecule has 0 aliphatic heterocycles. The zero-order valence-corrected chi connectivity index (χ0v) is 23.7. The highest BCUT2D eigenvalue weighted by atomic mass is 32.2. The number of amides is 2. The molecule has 4 rings (SSSR count). The van der Waals surface area contributed by atoms with Crippen molar-refractivity contribution in [1.29, 1.82) is 0 Å². The van der Waals surface area contributed by atoms with E-state index in [1.807, 2.05) is 91.0 Å². The van der Waals surface area contributed by atoms with Gasteiger partial charge >= 0.3 is 12.0 Å². The van der Waals surface area contributed by atoms with Gasteiger partial charge in [-0.1, -0.05) is 60.3 Å². The number of rotatable bonds is 12. The van der Waals surface area contributed by atoms with Crippen LogP contribution in [0.4, 0.5) is 16.2 Å². The first kappa shape index (κ1) is 28.8. The lowest BCUT2D eigenvalue weighted by Crippen LogP contribution is -2.36. The number of benzene rings is 4. The van der Waals surface area contributed by atoms with Crippen molar-refractivity contribution in [3.63, 3.8) is 0 Å². The van der Waals surface area contributed by atoms with Crippen LogP contribution in [0.1, 0.15) is 24.5 Å². The van der Waals surface area contributed by atoms with Crippen molar-refractivity contribution in [3.8, 4) is 5.75 Å². The molecule has 0 bridgehead atoms. The van der Waals surface area contributed by atoms with E-state index in [0.29, 0.717) is 18.8 Å². The predicted octanol–water partition coefficient (Wildman–Crippen LogP) is 7.62. The van der Waals surface area contributed by atoms with Crippen molar-refractivity contribution in [1.82, 2.24) is 0 Å². The summed E-state index contributed by atoms with van der Waals surface area (Å²) in [4.78, 5) is 29.1. The lowest BCUT2D eigenvalue weighted by atomic mass is 10.1. The Labute approximate surface area is 240 Å². The summed E-state index contributed by atoms with van der Waals surface area (Å²) in [5, 5.41) is 3.03. The highest BCUT2D eigenvalue weighted by molar-refractivity contribution is 7.99. The molecule has 1 N–H and O–H groups in total. The van der Waals surface area contributed by atoms with E-state index in [2.05, 4.69) is 17.4 Å². The fourth-order valence-corrected chi connectivity index (χ4v) is 5.07. The molecule has 0 spiro atoms. The Morgan fingerprint density at radius 2 is 1.57 bits per heavy atom. The lowest BCUT2D eigenvalue weighted by molar-refractivity contribution is -0.142. The van der Waals surface area contributed by atoms with Crippen LogP contribution in [0.25, 0.3) is 0 Å². The molecule has 206 valence electrons. The third-order valence-electron chi connectivity index (χ3n) is 6.22. The van der Waals surface area contributed by atoms with Crippen molar-refractivity contribution in [2.24, 2.45) is 0 Å². The van der Waals surface area contributed by atoms with Crippen LogP contribution in [0.15, 0.2) is 113 Å². The van der Waals surface area contributed by atoms with E-state index in [4.69, 9.17) is 9.47 Å². The molecule has 6 nitrogen and oxygen atoms in total. The number of ether oxygens (including phenoxy) is 2. The summed E-state index contributed by atoms with van der Waals surface area (Å²) in [6, 6.07) is 33.3. The number of aryl methyl sites for hydroxylation is 1. The zero-order valence-electron chi connectivity index (χ0n) is 22.8. The van der Waals surface area contributed by atoms with Crippen LogP contribution in [0.2, 0.25) is 0 Å². The normalized spacial score (nSPS) is 10.6. The molecule has 0 fully saturated rings. The molecule has 0 heterocycles. The first-order valence-electron chi connectivity index (χ1n) is 13.3. The molecule has 40 heavy (non-hydrogen) atoms. The maximum absolute atomic E-state index is 13.5. The summed E-state index contributed by atoms with van der Waals surface area (Å²) in [5.41, 5.74) is 3.68. The van der Waals surface area contributed by atoms with Gasteiger partial charge in [0.05, 0.1) is 20.1 Å². The number of hydrogen-bond acceptors (Lipinski definition) is 5. The number of carbonyl (C=O) groups excluding carboxylic acids is 2. The summed E-state index contributed by atoms with van der Waals surface area (Å²) in [7, 11) is 1.62. The molecule has 0 saturated carbocycles. The lowest BCUT2D eigenvalue weighted by Gasteiger charge is -2.24. The minimum Gasteiger partial charge on any atom is -0.497 e. The Morgan fingerprint density at radius 1 is 0.825 bits per heavy atom. The second-order valence-electron chi connectivity index (χ2n) is 9.12. The van der Waals surface area contributed by atoms with Gasteiger partial charge in [0.25, 0.3) is 0 Å². The molecule has 7 heteroatoms. The minimum absolute atomic E-state index is 0.191. The van der Waals surface area contributed by atoms with Gasteiger partial charge < -0.3 is 14.8 Å². The minimum atomic E-state index is -0.226. The van der Waals surface area contributed by atoms with Crippen LogP contribution in [0, 0.1) is 0 Å². The first-order valence-corrected chi connectivity index (χ1v) is 14.1. The van der Waals surface area contributed by atoms with E-state index in [9.17, 15) is 9.59 Å². The van der Waals surface area contributed by atoms with Gasteiger partial charge in [-0.3, -0.25) is 9.69 Å². The van der Waals surface area contributed by atoms with Crippen LogP contribution in [-0.4, -0.2) is 32.3 Å². The maximum Gasteiger partial charge on any atom is 0.326 e. The van der Waals surface area contributed by atoms with Crippen LogP contribution in [-0.2, 0) is 22.4 Å². The topological polar surface area (TPSA) is 67.9 Å². The molecule has 0 unspecified atom stereocenters. The maximum atomic E-state index is 13.5. The van der Waals surface area contributed by atoms with Crippen molar-refractivity contribution >= 4 is 35.1 Å². The van der Waals surface area contributed by atoms with E-state index in [-0.39, 0.29) is 18.4 Å². The van der Waals surface area contributed by atoms with E-state index in [1.165, 1.54) is 5.56 Å². The number of urea groups is 1. The fourth-order valence-electron chi connectivity index (χ4n) is 4.20. The van der Waals surface area contributed by atoms with Crippen molar-refractivity contribution in [2.75, 3.05) is 30.5 Å². The summed E-state index contributed by atoms with van der Waals surface area (Å²) >= 11 is 1.61. The average molecular weight is 555 g/mol. The molecule has 2 amide bonds. The Balaban J connectivity index is 1.48. The van der Waals surface area contributed by atoms with Crippen LogP contribution >= 0.6 is 11.8 Å². The zero-order chi connectivity index (χ0) is 28.2. The van der Waals surface area contributed by atoms with Crippen LogP contribution < -0.4 is 15.0 Å². The third kappa shape index (κ3) is 8.64. The number of hydrogen-bond donors (Lipinski definition) is 1. The standard InChI is InChI=1S/C33H34N2O4S/c1-3-39-32(36)23-26-14-20-30(21-15-26)40-31-13-7-12-28(24-31)35(22-8-11-25-9-5-4-6-10-25)33(37)34-27-16-18-29(38-2)19-17-27/h4-7,9-10,12-21,24H,3,8,11,22-23H2,1-2H3,(H,34,37). The van der Waals surface area contributed by atoms with Gasteiger partial charge in [-0.2, -0.15) is 0 Å². The van der Waals surface area contributed by atoms with Gasteiger partial charge in [-0.25, -0.2) is 4.79 Å². The number of carbonyl (C=O) groups is 2. The molecule has 0 aliphatic carbocycles. The van der Waals surface area contributed by atoms with E-state index < -0.39 is 0 Å². The molecule has 0 saturated heterocycles. The van der Waals surface area contributed by atoms with Gasteiger partial charge in [-0.05, 0) is 85.5 Å². The third-order valence-corrected chi connectivity index (χ3v) is 7.22. The SMILES string of the molecule is CCOC(=O)Cc1ccc(Sc2cccc(N(CCCc3ccccc3)C(=O)Nc3ccc(OC)cc3)c2)cc1. The molecule has 4 aromatic rings. The van der Waals surface area contributed by atoms with Crippen molar-refractivity contribution in [3.05, 3.63) is 114 Å².